The van der Waals surface area contributed by atoms with E-state index < -0.39 is 17.0 Å². The number of aromatic nitrogens is 1. The number of urea groups is 1. The van der Waals surface area contributed by atoms with Gasteiger partial charge in [-0.1, -0.05) is 31.4 Å². The Balaban J connectivity index is 1.22. The number of nitrogens with zero attached hydrogens (tertiary/aromatic N) is 3. The van der Waals surface area contributed by atoms with Gasteiger partial charge in [0.05, 0.1) is 11.8 Å². The molecule has 1 aliphatic heterocycles. The zero-order chi connectivity index (χ0) is 25.6. The minimum absolute atomic E-state index is 0.124. The number of anilines is 1. The first-order valence-electron chi connectivity index (χ1n) is 12.5. The lowest BCUT2D eigenvalue weighted by molar-refractivity contribution is -0.129. The molecule has 3 aliphatic rings. The smallest absolute Gasteiger partial charge is 0.323 e. The van der Waals surface area contributed by atoms with Crippen LogP contribution in [0.4, 0.5) is 9.93 Å². The van der Waals surface area contributed by atoms with E-state index in [-0.39, 0.29) is 17.7 Å². The summed E-state index contributed by atoms with van der Waals surface area (Å²) < 4.78 is 5.92. The van der Waals surface area contributed by atoms with E-state index >= 15 is 0 Å². The van der Waals surface area contributed by atoms with Gasteiger partial charge in [0.1, 0.15) is 16.7 Å². The zero-order valence-corrected chi connectivity index (χ0v) is 21.0. The number of nitrogens with one attached hydrogen (secondary N) is 3. The lowest BCUT2D eigenvalue weighted by Gasteiger charge is -2.37. The summed E-state index contributed by atoms with van der Waals surface area (Å²) in [4.78, 5) is 44.7. The summed E-state index contributed by atoms with van der Waals surface area (Å²) in [5.74, 6) is -0.615. The van der Waals surface area contributed by atoms with Crippen LogP contribution in [0.15, 0.2) is 34.1 Å². The third-order valence-corrected chi connectivity index (χ3v) is 8.29. The standard InChI is InChI=1S/C26H26N6O4S/c27-15-25(8-9-25)31-22(34)26(6-2-1-3-7-26)30-21(33)20-13-17-5-4-16(12-19(17)36-20)18-14-37-24(29-18)32-11-10-28-23(32)35/h4-5,12-14H,1-3,6-11H2,(H,28,35)(H,30,33)(H,31,34). The molecule has 11 heteroatoms. The highest BCUT2D eigenvalue weighted by molar-refractivity contribution is 7.14. The van der Waals surface area contributed by atoms with Crippen LogP contribution in [0.25, 0.3) is 22.2 Å². The van der Waals surface area contributed by atoms with Gasteiger partial charge in [-0.2, -0.15) is 5.26 Å². The molecule has 0 bridgehead atoms. The minimum Gasteiger partial charge on any atom is -0.451 e. The van der Waals surface area contributed by atoms with E-state index in [0.717, 1.165) is 30.2 Å². The first-order valence-corrected chi connectivity index (χ1v) is 13.4. The van der Waals surface area contributed by atoms with Crippen LogP contribution >= 0.6 is 11.3 Å². The molecule has 4 amide bonds. The Labute approximate surface area is 217 Å². The number of hydrogen-bond acceptors (Lipinski definition) is 7. The van der Waals surface area contributed by atoms with Crippen LogP contribution in [0, 0.1) is 11.3 Å². The normalized spacial score (nSPS) is 19.8. The Morgan fingerprint density at radius 1 is 1.14 bits per heavy atom. The molecule has 6 rings (SSSR count). The van der Waals surface area contributed by atoms with Gasteiger partial charge >= 0.3 is 6.03 Å². The summed E-state index contributed by atoms with van der Waals surface area (Å²) in [5.41, 5.74) is 0.208. The maximum absolute atomic E-state index is 13.3. The summed E-state index contributed by atoms with van der Waals surface area (Å²) in [6.07, 6.45) is 4.97. The van der Waals surface area contributed by atoms with Crippen LogP contribution < -0.4 is 20.9 Å². The van der Waals surface area contributed by atoms with Crippen LogP contribution in [0.1, 0.15) is 55.5 Å². The molecule has 0 radical (unpaired) electrons. The zero-order valence-electron chi connectivity index (χ0n) is 20.1. The number of fused-ring (bicyclic) bond motifs is 1. The average Bonchev–Trinajstić information content (AvgIpc) is 3.25. The first-order chi connectivity index (χ1) is 17.9. The minimum atomic E-state index is -1.05. The summed E-state index contributed by atoms with van der Waals surface area (Å²) >= 11 is 1.39. The Bertz CT molecular complexity index is 1440. The number of benzene rings is 1. The molecule has 1 aromatic carbocycles. The molecule has 2 aliphatic carbocycles. The Morgan fingerprint density at radius 2 is 1.95 bits per heavy atom. The fourth-order valence-corrected chi connectivity index (χ4v) is 5.91. The molecular formula is C26H26N6O4S. The lowest BCUT2D eigenvalue weighted by Crippen LogP contribution is -2.61. The monoisotopic (exact) mass is 518 g/mol. The number of carbonyl (C=O) groups excluding carboxylic acids is 3. The maximum Gasteiger partial charge on any atom is 0.323 e. The molecule has 2 aromatic heterocycles. The fraction of sp³-hybridized carbons (Fsp3) is 0.423. The number of rotatable bonds is 6. The molecule has 190 valence electrons. The number of furan rings is 1. The van der Waals surface area contributed by atoms with Crippen LogP contribution in [0.2, 0.25) is 0 Å². The highest BCUT2D eigenvalue weighted by Gasteiger charge is 2.50. The lowest BCUT2D eigenvalue weighted by atomic mass is 9.80. The molecule has 3 heterocycles. The molecular weight excluding hydrogens is 492 g/mol. The van der Waals surface area contributed by atoms with Crippen LogP contribution in [-0.4, -0.2) is 47.0 Å². The van der Waals surface area contributed by atoms with Crippen molar-refractivity contribution in [3.8, 4) is 17.3 Å². The highest BCUT2D eigenvalue weighted by Crippen LogP contribution is 2.37. The van der Waals surface area contributed by atoms with Crippen molar-refractivity contribution in [2.75, 3.05) is 18.0 Å². The molecule has 3 aromatic rings. The van der Waals surface area contributed by atoms with Gasteiger partial charge in [-0.05, 0) is 37.8 Å². The third-order valence-electron chi connectivity index (χ3n) is 7.43. The van der Waals surface area contributed by atoms with Crippen molar-refractivity contribution in [1.82, 2.24) is 20.9 Å². The van der Waals surface area contributed by atoms with Crippen molar-refractivity contribution in [2.45, 2.75) is 56.0 Å². The van der Waals surface area contributed by atoms with Crippen LogP contribution in [0.5, 0.6) is 0 Å². The largest absolute Gasteiger partial charge is 0.451 e. The van der Waals surface area contributed by atoms with Crippen molar-refractivity contribution in [3.05, 3.63) is 35.4 Å². The second-order valence-electron chi connectivity index (χ2n) is 10.0. The second-order valence-corrected chi connectivity index (χ2v) is 10.8. The van der Waals surface area contributed by atoms with Crippen molar-refractivity contribution in [1.29, 1.82) is 5.26 Å². The predicted octanol–water partition coefficient (Wildman–Crippen LogP) is 3.69. The number of nitriles is 1. The molecule has 2 saturated carbocycles. The van der Waals surface area contributed by atoms with E-state index in [9.17, 15) is 19.6 Å². The van der Waals surface area contributed by atoms with Gasteiger partial charge in [0, 0.05) is 29.4 Å². The average molecular weight is 519 g/mol. The fourth-order valence-electron chi connectivity index (χ4n) is 5.05. The van der Waals surface area contributed by atoms with Gasteiger partial charge in [0.2, 0.25) is 5.91 Å². The first kappa shape index (κ1) is 23.5. The van der Waals surface area contributed by atoms with Crippen molar-refractivity contribution >= 4 is 45.3 Å². The van der Waals surface area contributed by atoms with Gasteiger partial charge < -0.3 is 20.4 Å². The number of carbonyl (C=O) groups is 3. The van der Waals surface area contributed by atoms with Crippen molar-refractivity contribution in [3.63, 3.8) is 0 Å². The van der Waals surface area contributed by atoms with Crippen molar-refractivity contribution < 1.29 is 18.8 Å². The van der Waals surface area contributed by atoms with E-state index in [1.54, 1.807) is 11.0 Å². The summed E-state index contributed by atoms with van der Waals surface area (Å²) in [6.45, 7) is 1.18. The van der Waals surface area contributed by atoms with E-state index in [0.29, 0.717) is 55.2 Å². The van der Waals surface area contributed by atoms with E-state index in [1.165, 1.54) is 11.3 Å². The van der Waals surface area contributed by atoms with E-state index in [4.69, 9.17) is 4.42 Å². The topological polar surface area (TPSA) is 140 Å². The predicted molar refractivity (Wildman–Crippen MR) is 137 cm³/mol. The maximum atomic E-state index is 13.3. The van der Waals surface area contributed by atoms with E-state index in [2.05, 4.69) is 27.0 Å². The summed E-state index contributed by atoms with van der Waals surface area (Å²) in [5, 5.41) is 21.3. The number of thiazole rings is 1. The van der Waals surface area contributed by atoms with Crippen LogP contribution in [-0.2, 0) is 4.79 Å². The number of amides is 4. The molecule has 0 atom stereocenters. The van der Waals surface area contributed by atoms with Gasteiger partial charge in [-0.3, -0.25) is 14.5 Å². The molecule has 1 saturated heterocycles. The van der Waals surface area contributed by atoms with Crippen LogP contribution in [0.3, 0.4) is 0 Å². The molecule has 3 fully saturated rings. The number of hydrogen-bond donors (Lipinski definition) is 3. The van der Waals surface area contributed by atoms with Gasteiger partial charge in [0.15, 0.2) is 10.9 Å². The summed E-state index contributed by atoms with van der Waals surface area (Å²) in [6, 6.07) is 9.29. The van der Waals surface area contributed by atoms with Crippen molar-refractivity contribution in [2.24, 2.45) is 0 Å². The van der Waals surface area contributed by atoms with E-state index in [1.807, 2.05) is 23.6 Å². The second kappa shape index (κ2) is 8.88. The molecule has 3 N–H and O–H groups in total. The Kier molecular flexibility index (Phi) is 5.64. The molecule has 37 heavy (non-hydrogen) atoms. The molecule has 0 spiro atoms. The van der Waals surface area contributed by atoms with Gasteiger partial charge in [-0.25, -0.2) is 9.78 Å². The van der Waals surface area contributed by atoms with Gasteiger partial charge in [0.25, 0.3) is 5.91 Å². The molecule has 10 nitrogen and oxygen atoms in total. The van der Waals surface area contributed by atoms with Gasteiger partial charge in [-0.15, -0.1) is 11.3 Å². The quantitative estimate of drug-likeness (QED) is 0.455. The SMILES string of the molecule is N#CC1(NC(=O)C2(NC(=O)c3cc4ccc(-c5csc(N6CCNC6=O)n5)cc4o3)CCCCC2)CC1. The Morgan fingerprint density at radius 3 is 2.65 bits per heavy atom. The third kappa shape index (κ3) is 4.31. The summed E-state index contributed by atoms with van der Waals surface area (Å²) in [7, 11) is 0. The highest BCUT2D eigenvalue weighted by atomic mass is 32.1. The Hall–Kier alpha value is -3.91. The molecule has 0 unspecified atom stereocenters.